The van der Waals surface area contributed by atoms with Crippen molar-refractivity contribution in [2.45, 2.75) is 38.3 Å². The van der Waals surface area contributed by atoms with Crippen LogP contribution in [0.1, 0.15) is 37.9 Å². The van der Waals surface area contributed by atoms with Gasteiger partial charge in [-0.15, -0.1) is 0 Å². The zero-order valence-electron chi connectivity index (χ0n) is 10.3. The number of anilines is 1. The number of benzene rings is 1. The second kappa shape index (κ2) is 5.52. The van der Waals surface area contributed by atoms with E-state index in [4.69, 9.17) is 5.11 Å². The molecule has 1 atom stereocenters. The average molecular weight is 235 g/mol. The second-order valence-corrected chi connectivity index (χ2v) is 4.63. The number of para-hydroxylation sites is 1. The van der Waals surface area contributed by atoms with E-state index in [1.54, 1.807) is 0 Å². The Morgan fingerprint density at radius 3 is 2.65 bits per heavy atom. The topological polar surface area (TPSA) is 43.7 Å². The summed E-state index contributed by atoms with van der Waals surface area (Å²) in [5.74, 6) is 0. The van der Waals surface area contributed by atoms with E-state index in [0.29, 0.717) is 19.0 Å². The molecule has 3 nitrogen and oxygen atoms in total. The summed E-state index contributed by atoms with van der Waals surface area (Å²) in [6, 6.07) is 8.53. The molecule has 3 heteroatoms. The lowest BCUT2D eigenvalue weighted by molar-refractivity contribution is 0.174. The van der Waals surface area contributed by atoms with Crippen molar-refractivity contribution in [3.8, 4) is 0 Å². The maximum Gasteiger partial charge on any atom is 0.0807 e. The fourth-order valence-electron chi connectivity index (χ4n) is 2.24. The molecule has 1 aromatic rings. The summed E-state index contributed by atoms with van der Waals surface area (Å²) in [6.45, 7) is 2.79. The van der Waals surface area contributed by atoms with Crippen LogP contribution in [0.25, 0.3) is 0 Å². The Morgan fingerprint density at radius 2 is 2.06 bits per heavy atom. The molecule has 0 aliphatic heterocycles. The first kappa shape index (κ1) is 12.4. The van der Waals surface area contributed by atoms with Crippen LogP contribution in [-0.2, 0) is 0 Å². The predicted molar refractivity (Wildman–Crippen MR) is 69.1 cm³/mol. The number of hydrogen-bond donors (Lipinski definition) is 2. The van der Waals surface area contributed by atoms with Gasteiger partial charge in [0.1, 0.15) is 0 Å². The third-order valence-corrected chi connectivity index (χ3v) is 3.32. The third-order valence-electron chi connectivity index (χ3n) is 3.32. The lowest BCUT2D eigenvalue weighted by Gasteiger charge is -2.27. The van der Waals surface area contributed by atoms with Crippen LogP contribution in [0.5, 0.6) is 0 Å². The van der Waals surface area contributed by atoms with Crippen LogP contribution >= 0.6 is 0 Å². The van der Waals surface area contributed by atoms with Crippen molar-refractivity contribution >= 4 is 5.69 Å². The second-order valence-electron chi connectivity index (χ2n) is 4.63. The van der Waals surface area contributed by atoms with E-state index >= 15 is 0 Å². The number of hydrogen-bond acceptors (Lipinski definition) is 3. The van der Waals surface area contributed by atoms with E-state index in [1.165, 1.54) is 12.8 Å². The Bertz CT molecular complexity index is 363. The maximum atomic E-state index is 10.0. The van der Waals surface area contributed by atoms with Crippen molar-refractivity contribution in [3.05, 3.63) is 29.8 Å². The zero-order chi connectivity index (χ0) is 12.3. The molecule has 0 radical (unpaired) electrons. The normalized spacial score (nSPS) is 16.9. The van der Waals surface area contributed by atoms with Gasteiger partial charge in [-0.05, 0) is 25.3 Å². The van der Waals surface area contributed by atoms with Gasteiger partial charge in [0.25, 0.3) is 0 Å². The highest BCUT2D eigenvalue weighted by Crippen LogP contribution is 2.35. The Kier molecular flexibility index (Phi) is 4.02. The van der Waals surface area contributed by atoms with Gasteiger partial charge in [-0.3, -0.25) is 0 Å². The highest BCUT2D eigenvalue weighted by atomic mass is 16.3. The summed E-state index contributed by atoms with van der Waals surface area (Å²) in [5, 5.41) is 19.2. The van der Waals surface area contributed by atoms with Gasteiger partial charge < -0.3 is 15.1 Å². The SMILES string of the molecule is CCC(O)c1ccccc1N(CCO)C1CC1. The molecule has 1 saturated carbocycles. The highest BCUT2D eigenvalue weighted by molar-refractivity contribution is 5.56. The third kappa shape index (κ3) is 2.79. The van der Waals surface area contributed by atoms with E-state index in [0.717, 1.165) is 11.3 Å². The molecule has 2 N–H and O–H groups in total. The van der Waals surface area contributed by atoms with Crippen LogP contribution in [0, 0.1) is 0 Å². The monoisotopic (exact) mass is 235 g/mol. The number of nitrogens with zero attached hydrogens (tertiary/aromatic N) is 1. The van der Waals surface area contributed by atoms with Crippen LogP contribution in [0.15, 0.2) is 24.3 Å². The first-order chi connectivity index (χ1) is 8.27. The van der Waals surface area contributed by atoms with Crippen molar-refractivity contribution in [1.82, 2.24) is 0 Å². The smallest absolute Gasteiger partial charge is 0.0807 e. The molecule has 0 bridgehead atoms. The first-order valence-corrected chi connectivity index (χ1v) is 6.42. The Labute approximate surface area is 103 Å². The van der Waals surface area contributed by atoms with Crippen LogP contribution in [0.2, 0.25) is 0 Å². The number of aliphatic hydroxyl groups excluding tert-OH is 2. The van der Waals surface area contributed by atoms with Gasteiger partial charge in [-0.1, -0.05) is 25.1 Å². The molecule has 0 amide bonds. The van der Waals surface area contributed by atoms with Crippen molar-refractivity contribution < 1.29 is 10.2 Å². The van der Waals surface area contributed by atoms with Crippen molar-refractivity contribution in [3.63, 3.8) is 0 Å². The molecule has 0 spiro atoms. The average Bonchev–Trinajstić information content (AvgIpc) is 3.19. The molecule has 2 rings (SSSR count). The van der Waals surface area contributed by atoms with Gasteiger partial charge in [0.2, 0.25) is 0 Å². The minimum Gasteiger partial charge on any atom is -0.395 e. The summed E-state index contributed by atoms with van der Waals surface area (Å²) in [7, 11) is 0. The minimum atomic E-state index is -0.411. The van der Waals surface area contributed by atoms with Gasteiger partial charge in [0, 0.05) is 23.8 Å². The van der Waals surface area contributed by atoms with Crippen LogP contribution in [0.3, 0.4) is 0 Å². The fourth-order valence-corrected chi connectivity index (χ4v) is 2.24. The standard InChI is InChI=1S/C14H21NO2/c1-2-14(17)12-5-3-4-6-13(12)15(9-10-16)11-7-8-11/h3-6,11,14,16-17H,2,7-10H2,1H3. The van der Waals surface area contributed by atoms with Crippen molar-refractivity contribution in [2.75, 3.05) is 18.1 Å². The Hall–Kier alpha value is -1.06. The maximum absolute atomic E-state index is 10.0. The van der Waals surface area contributed by atoms with E-state index in [9.17, 15) is 5.11 Å². The lowest BCUT2D eigenvalue weighted by atomic mass is 10.0. The van der Waals surface area contributed by atoms with Gasteiger partial charge in [0.15, 0.2) is 0 Å². The molecule has 17 heavy (non-hydrogen) atoms. The van der Waals surface area contributed by atoms with Crippen LogP contribution in [-0.4, -0.2) is 29.4 Å². The minimum absolute atomic E-state index is 0.160. The van der Waals surface area contributed by atoms with E-state index < -0.39 is 6.10 Å². The molecule has 1 unspecified atom stereocenters. The zero-order valence-corrected chi connectivity index (χ0v) is 10.3. The van der Waals surface area contributed by atoms with E-state index in [1.807, 2.05) is 31.2 Å². The molecular weight excluding hydrogens is 214 g/mol. The van der Waals surface area contributed by atoms with Gasteiger partial charge in [0.05, 0.1) is 12.7 Å². The van der Waals surface area contributed by atoms with Crippen molar-refractivity contribution in [2.24, 2.45) is 0 Å². The van der Waals surface area contributed by atoms with E-state index in [2.05, 4.69) is 4.90 Å². The molecule has 1 fully saturated rings. The summed E-state index contributed by atoms with van der Waals surface area (Å²) < 4.78 is 0. The van der Waals surface area contributed by atoms with Crippen LogP contribution in [0.4, 0.5) is 5.69 Å². The highest BCUT2D eigenvalue weighted by Gasteiger charge is 2.30. The fraction of sp³-hybridized carbons (Fsp3) is 0.571. The number of rotatable bonds is 6. The predicted octanol–water partition coefficient (Wildman–Crippen LogP) is 2.09. The molecule has 0 heterocycles. The molecular formula is C14H21NO2. The summed E-state index contributed by atoms with van der Waals surface area (Å²) in [6.07, 6.45) is 2.69. The molecule has 0 saturated heterocycles. The van der Waals surface area contributed by atoms with Gasteiger partial charge >= 0.3 is 0 Å². The summed E-state index contributed by atoms with van der Waals surface area (Å²) >= 11 is 0. The van der Waals surface area contributed by atoms with Gasteiger partial charge in [-0.25, -0.2) is 0 Å². The molecule has 1 aliphatic rings. The first-order valence-electron chi connectivity index (χ1n) is 6.42. The molecule has 1 aliphatic carbocycles. The summed E-state index contributed by atoms with van der Waals surface area (Å²) in [4.78, 5) is 2.23. The molecule has 0 aromatic heterocycles. The Balaban J connectivity index is 2.28. The summed E-state index contributed by atoms with van der Waals surface area (Å²) in [5.41, 5.74) is 2.06. The van der Waals surface area contributed by atoms with Crippen LogP contribution < -0.4 is 4.90 Å². The lowest BCUT2D eigenvalue weighted by Crippen LogP contribution is -2.30. The molecule has 1 aromatic carbocycles. The Morgan fingerprint density at radius 1 is 1.35 bits per heavy atom. The van der Waals surface area contributed by atoms with E-state index in [-0.39, 0.29) is 6.61 Å². The largest absolute Gasteiger partial charge is 0.395 e. The number of aliphatic hydroxyl groups is 2. The van der Waals surface area contributed by atoms with Crippen molar-refractivity contribution in [1.29, 1.82) is 0 Å². The molecule has 94 valence electrons. The van der Waals surface area contributed by atoms with Gasteiger partial charge in [-0.2, -0.15) is 0 Å². The quantitative estimate of drug-likeness (QED) is 0.793.